The Balaban J connectivity index is 2.50. The normalized spacial score (nSPS) is 13.3. The molecule has 4 nitrogen and oxygen atoms in total. The van der Waals surface area contributed by atoms with Crippen LogP contribution in [0.2, 0.25) is 0 Å². The number of hydrogen-bond acceptors (Lipinski definition) is 3. The Bertz CT molecular complexity index is 1250. The first-order chi connectivity index (χ1) is 18.2. The molecular weight excluding hydrogens is 492 g/mol. The number of rotatable bonds is 6. The maximum absolute atomic E-state index is 12.0. The van der Waals surface area contributed by atoms with Gasteiger partial charge in [0.05, 0.1) is 5.92 Å². The van der Waals surface area contributed by atoms with Crippen LogP contribution in [-0.4, -0.2) is 20.2 Å². The molecule has 0 aliphatic heterocycles. The van der Waals surface area contributed by atoms with Crippen molar-refractivity contribution in [2.45, 2.75) is 137 Å². The minimum Gasteiger partial charge on any atom is -0.507 e. The van der Waals surface area contributed by atoms with Gasteiger partial charge in [-0.1, -0.05) is 121 Å². The van der Waals surface area contributed by atoms with Crippen LogP contribution in [0.15, 0.2) is 30.5 Å². The van der Waals surface area contributed by atoms with Crippen LogP contribution >= 0.6 is 0 Å². The number of hydrogen-bond donors (Lipinski definition) is 3. The summed E-state index contributed by atoms with van der Waals surface area (Å²) in [6, 6.07) is 8.59. The third-order valence-corrected chi connectivity index (χ3v) is 7.98. The number of aromatic hydroxyl groups is 2. The summed E-state index contributed by atoms with van der Waals surface area (Å²) in [5.74, 6) is 1.09. The van der Waals surface area contributed by atoms with E-state index in [4.69, 9.17) is 4.98 Å². The highest BCUT2D eigenvalue weighted by Crippen LogP contribution is 2.48. The lowest BCUT2D eigenvalue weighted by Gasteiger charge is -2.32. The standard InChI is InChI=1S/C36H54N2O2/c1-14-15-16-29-37-21-28(38-29)30(24-17-22(33(2,3)4)19-26(31(24)39)35(8,9)10)25-18-23(34(5,6)7)20-27(32(25)40)36(11,12)13/h17-21,30,39-40H,14-16H2,1-13H3,(H,37,38). The molecule has 0 radical (unpaired) electrons. The van der Waals surface area contributed by atoms with Crippen molar-refractivity contribution in [2.24, 2.45) is 0 Å². The zero-order valence-electron chi connectivity index (χ0n) is 27.4. The fraction of sp³-hybridized carbons (Fsp3) is 0.583. The first-order valence-corrected chi connectivity index (χ1v) is 15.0. The van der Waals surface area contributed by atoms with Crippen molar-refractivity contribution >= 4 is 0 Å². The molecule has 0 amide bonds. The summed E-state index contributed by atoms with van der Waals surface area (Å²) >= 11 is 0. The number of phenols is 2. The number of aromatic amines is 1. The van der Waals surface area contributed by atoms with Gasteiger partial charge >= 0.3 is 0 Å². The predicted octanol–water partition coefficient (Wildman–Crippen LogP) is 9.53. The van der Waals surface area contributed by atoms with Gasteiger partial charge in [-0.15, -0.1) is 0 Å². The van der Waals surface area contributed by atoms with Crippen LogP contribution in [0.1, 0.15) is 154 Å². The molecule has 0 atom stereocenters. The van der Waals surface area contributed by atoms with Gasteiger partial charge in [0.2, 0.25) is 0 Å². The van der Waals surface area contributed by atoms with E-state index in [1.807, 2.05) is 6.20 Å². The van der Waals surface area contributed by atoms with Gasteiger partial charge in [0.1, 0.15) is 17.3 Å². The van der Waals surface area contributed by atoms with Gasteiger partial charge in [-0.25, -0.2) is 4.98 Å². The van der Waals surface area contributed by atoms with Crippen LogP contribution < -0.4 is 0 Å². The second-order valence-electron chi connectivity index (χ2n) is 15.7. The van der Waals surface area contributed by atoms with Crippen LogP contribution in [0.5, 0.6) is 11.5 Å². The van der Waals surface area contributed by atoms with Gasteiger partial charge in [0.15, 0.2) is 0 Å². The lowest BCUT2D eigenvalue weighted by atomic mass is 9.73. The van der Waals surface area contributed by atoms with Crippen LogP contribution in [0, 0.1) is 0 Å². The first kappa shape index (κ1) is 31.8. The van der Waals surface area contributed by atoms with Gasteiger partial charge in [0, 0.05) is 29.4 Å². The van der Waals surface area contributed by atoms with Crippen molar-refractivity contribution < 1.29 is 10.2 Å². The molecule has 0 spiro atoms. The average Bonchev–Trinajstić information content (AvgIpc) is 3.25. The van der Waals surface area contributed by atoms with E-state index in [9.17, 15) is 10.2 Å². The van der Waals surface area contributed by atoms with Crippen LogP contribution in [0.4, 0.5) is 0 Å². The molecule has 0 unspecified atom stereocenters. The summed E-state index contributed by atoms with van der Waals surface area (Å²) in [5, 5.41) is 24.0. The van der Waals surface area contributed by atoms with Gasteiger partial charge in [0.25, 0.3) is 0 Å². The summed E-state index contributed by atoms with van der Waals surface area (Å²) in [6.45, 7) is 28.3. The summed E-state index contributed by atoms with van der Waals surface area (Å²) in [4.78, 5) is 8.35. The van der Waals surface area contributed by atoms with Crippen molar-refractivity contribution in [1.29, 1.82) is 0 Å². The van der Waals surface area contributed by atoms with E-state index in [-0.39, 0.29) is 33.2 Å². The Morgan fingerprint density at radius 2 is 1.10 bits per heavy atom. The summed E-state index contributed by atoms with van der Waals surface area (Å²) < 4.78 is 0. The summed E-state index contributed by atoms with van der Waals surface area (Å²) in [7, 11) is 0. The molecule has 3 N–H and O–H groups in total. The third-order valence-electron chi connectivity index (χ3n) is 7.98. The molecule has 220 valence electrons. The van der Waals surface area contributed by atoms with Gasteiger partial charge < -0.3 is 15.2 Å². The highest BCUT2D eigenvalue weighted by atomic mass is 16.3. The average molecular weight is 547 g/mol. The second kappa shape index (κ2) is 10.9. The molecule has 0 fully saturated rings. The van der Waals surface area contributed by atoms with Crippen molar-refractivity contribution in [3.05, 3.63) is 75.4 Å². The fourth-order valence-electron chi connectivity index (χ4n) is 5.26. The number of benzene rings is 2. The maximum atomic E-state index is 12.0. The minimum atomic E-state index is -0.422. The molecule has 1 aromatic heterocycles. The first-order valence-electron chi connectivity index (χ1n) is 15.0. The Kier molecular flexibility index (Phi) is 8.67. The Morgan fingerprint density at radius 3 is 1.45 bits per heavy atom. The third kappa shape index (κ3) is 6.75. The number of unbranched alkanes of at least 4 members (excludes halogenated alkanes) is 1. The number of H-pyrrole nitrogens is 1. The molecule has 0 saturated heterocycles. The number of aryl methyl sites for hydroxylation is 1. The molecule has 1 heterocycles. The van der Waals surface area contributed by atoms with Crippen molar-refractivity contribution in [3.8, 4) is 11.5 Å². The molecule has 4 heteroatoms. The van der Waals surface area contributed by atoms with Crippen LogP contribution in [0.3, 0.4) is 0 Å². The molecule has 0 aliphatic rings. The van der Waals surface area contributed by atoms with Gasteiger partial charge in [-0.3, -0.25) is 0 Å². The zero-order chi connectivity index (χ0) is 30.4. The number of nitrogens with one attached hydrogen (secondary N) is 1. The van der Waals surface area contributed by atoms with E-state index in [2.05, 4.69) is 119 Å². The molecule has 3 aromatic rings. The minimum absolute atomic E-state index is 0.126. The number of imidazole rings is 1. The zero-order valence-corrected chi connectivity index (χ0v) is 27.4. The largest absolute Gasteiger partial charge is 0.507 e. The van der Waals surface area contributed by atoms with E-state index >= 15 is 0 Å². The SMILES string of the molecule is CCCCc1ncc(C(c2cc(C(C)(C)C)cc(C(C)(C)C)c2O)c2cc(C(C)(C)C)cc(C(C)(C)C)c2O)[nH]1. The molecule has 0 bridgehead atoms. The van der Waals surface area contributed by atoms with Crippen molar-refractivity contribution in [2.75, 3.05) is 0 Å². The molecule has 40 heavy (non-hydrogen) atoms. The van der Waals surface area contributed by atoms with Crippen molar-refractivity contribution in [1.82, 2.24) is 9.97 Å². The highest BCUT2D eigenvalue weighted by Gasteiger charge is 2.34. The topological polar surface area (TPSA) is 69.1 Å². The molecule has 3 rings (SSSR count). The number of nitrogens with zero attached hydrogens (tertiary/aromatic N) is 1. The van der Waals surface area contributed by atoms with Crippen molar-refractivity contribution in [3.63, 3.8) is 0 Å². The maximum Gasteiger partial charge on any atom is 0.123 e. The summed E-state index contributed by atoms with van der Waals surface area (Å²) in [5.41, 5.74) is 5.82. The van der Waals surface area contributed by atoms with E-state index in [1.165, 1.54) is 0 Å². The predicted molar refractivity (Wildman–Crippen MR) is 169 cm³/mol. The Morgan fingerprint density at radius 1 is 0.675 bits per heavy atom. The number of phenolic OH excluding ortho intramolecular Hbond substituents is 2. The highest BCUT2D eigenvalue weighted by molar-refractivity contribution is 5.60. The lowest BCUT2D eigenvalue weighted by Crippen LogP contribution is -2.20. The van der Waals surface area contributed by atoms with Crippen LogP contribution in [-0.2, 0) is 28.1 Å². The summed E-state index contributed by atoms with van der Waals surface area (Å²) in [6.07, 6.45) is 4.91. The van der Waals surface area contributed by atoms with Crippen LogP contribution in [0.25, 0.3) is 0 Å². The van der Waals surface area contributed by atoms with Gasteiger partial charge in [-0.2, -0.15) is 0 Å². The lowest BCUT2D eigenvalue weighted by molar-refractivity contribution is 0.429. The Hall–Kier alpha value is -2.75. The van der Waals surface area contributed by atoms with E-state index in [0.717, 1.165) is 64.2 Å². The molecular formula is C36H54N2O2. The van der Waals surface area contributed by atoms with E-state index < -0.39 is 5.92 Å². The second-order valence-corrected chi connectivity index (χ2v) is 15.7. The molecule has 0 aliphatic carbocycles. The fourth-order valence-corrected chi connectivity index (χ4v) is 5.26. The van der Waals surface area contributed by atoms with E-state index in [0.29, 0.717) is 0 Å². The molecule has 0 saturated carbocycles. The van der Waals surface area contributed by atoms with E-state index in [1.54, 1.807) is 0 Å². The molecule has 2 aromatic carbocycles. The number of aromatic nitrogens is 2. The monoisotopic (exact) mass is 546 g/mol. The van der Waals surface area contributed by atoms with Gasteiger partial charge in [-0.05, 0) is 50.3 Å². The smallest absolute Gasteiger partial charge is 0.123 e. The Labute approximate surface area is 243 Å². The quantitative estimate of drug-likeness (QED) is 0.288.